The van der Waals surface area contributed by atoms with E-state index < -0.39 is 5.97 Å². The van der Waals surface area contributed by atoms with E-state index in [9.17, 15) is 4.79 Å². The summed E-state index contributed by atoms with van der Waals surface area (Å²) in [6.45, 7) is 3.17. The van der Waals surface area contributed by atoms with Gasteiger partial charge in [-0.2, -0.15) is 0 Å². The van der Waals surface area contributed by atoms with Gasteiger partial charge >= 0.3 is 5.97 Å². The first kappa shape index (κ1) is 8.04. The van der Waals surface area contributed by atoms with Crippen LogP contribution < -0.4 is 0 Å². The van der Waals surface area contributed by atoms with E-state index in [-0.39, 0.29) is 12.0 Å². The topological polar surface area (TPSA) is 58.9 Å². The number of hydrogen-bond acceptors (Lipinski definition) is 3. The van der Waals surface area contributed by atoms with Crippen LogP contribution in [0.5, 0.6) is 0 Å². The Morgan fingerprint density at radius 1 is 1.64 bits per heavy atom. The van der Waals surface area contributed by atoms with Gasteiger partial charge in [-0.1, -0.05) is 0 Å². The summed E-state index contributed by atoms with van der Waals surface area (Å²) in [5.74, 6) is -0.984. The van der Waals surface area contributed by atoms with Crippen molar-refractivity contribution in [3.63, 3.8) is 0 Å². The molecule has 0 unspecified atom stereocenters. The van der Waals surface area contributed by atoms with Crippen molar-refractivity contribution in [1.29, 1.82) is 0 Å². The summed E-state index contributed by atoms with van der Waals surface area (Å²) in [6.07, 6.45) is 1.99. The number of carboxylic acid groups (broad SMARTS) is 1. The number of oxime groups is 1. The fourth-order valence-corrected chi connectivity index (χ4v) is 1.37. The van der Waals surface area contributed by atoms with Crippen molar-refractivity contribution in [2.24, 2.45) is 11.1 Å². The van der Waals surface area contributed by atoms with Crippen LogP contribution in [0, 0.1) is 5.92 Å². The molecule has 0 amide bonds. The van der Waals surface area contributed by atoms with E-state index >= 15 is 0 Å². The van der Waals surface area contributed by atoms with Gasteiger partial charge in [0.25, 0.3) is 0 Å². The summed E-state index contributed by atoms with van der Waals surface area (Å²) in [4.78, 5) is 15.3. The number of nitrogens with zero attached hydrogens (tertiary/aromatic N) is 1. The van der Waals surface area contributed by atoms with Crippen LogP contribution in [-0.4, -0.2) is 23.9 Å². The number of hydrogen-bond donors (Lipinski definition) is 1. The molecule has 0 heterocycles. The molecule has 2 atom stereocenters. The maximum absolute atomic E-state index is 10.4. The maximum Gasteiger partial charge on any atom is 0.306 e. The smallest absolute Gasteiger partial charge is 0.306 e. The van der Waals surface area contributed by atoms with Crippen molar-refractivity contribution < 1.29 is 14.7 Å². The third-order valence-electron chi connectivity index (χ3n) is 1.96. The molecule has 1 saturated carbocycles. The fraction of sp³-hybridized carbons (Fsp3) is 0.714. The van der Waals surface area contributed by atoms with Crippen LogP contribution in [-0.2, 0) is 9.63 Å². The standard InChI is InChI=1S/C7H11NO3/c1-8-11-6-3-2-5(4-6)7(9)10/h5-6H,1-4H2,(H,9,10)/t5-,6+/m0/s1. The van der Waals surface area contributed by atoms with E-state index in [1.165, 1.54) is 0 Å². The lowest BCUT2D eigenvalue weighted by molar-refractivity contribution is -0.141. The average Bonchev–Trinajstić information content (AvgIpc) is 2.37. The van der Waals surface area contributed by atoms with Gasteiger partial charge in [-0.05, 0) is 12.8 Å². The Bertz CT molecular complexity index is 169. The lowest BCUT2D eigenvalue weighted by atomic mass is 10.1. The highest BCUT2D eigenvalue weighted by atomic mass is 16.6. The van der Waals surface area contributed by atoms with Crippen molar-refractivity contribution in [1.82, 2.24) is 0 Å². The van der Waals surface area contributed by atoms with Crippen LogP contribution in [0.1, 0.15) is 19.3 Å². The monoisotopic (exact) mass is 157 g/mol. The van der Waals surface area contributed by atoms with Crippen LogP contribution in [0.4, 0.5) is 0 Å². The second-order valence-electron chi connectivity index (χ2n) is 2.70. The molecule has 1 rings (SSSR count). The second-order valence-corrected chi connectivity index (χ2v) is 2.70. The Morgan fingerprint density at radius 3 is 2.82 bits per heavy atom. The largest absolute Gasteiger partial charge is 0.481 e. The SMILES string of the molecule is C=NO[C@@H]1CC[C@H](C(=O)O)C1. The maximum atomic E-state index is 10.4. The summed E-state index contributed by atoms with van der Waals surface area (Å²) in [5.41, 5.74) is 0. The minimum absolute atomic E-state index is 0.0337. The summed E-state index contributed by atoms with van der Waals surface area (Å²) in [7, 11) is 0. The predicted molar refractivity (Wildman–Crippen MR) is 39.4 cm³/mol. The fourth-order valence-electron chi connectivity index (χ4n) is 1.37. The minimum atomic E-state index is -0.736. The molecule has 1 fully saturated rings. The first-order valence-corrected chi connectivity index (χ1v) is 3.58. The lowest BCUT2D eigenvalue weighted by Gasteiger charge is -2.05. The number of aliphatic carboxylic acids is 1. The quantitative estimate of drug-likeness (QED) is 0.488. The van der Waals surface area contributed by atoms with Crippen molar-refractivity contribution in [2.75, 3.05) is 0 Å². The van der Waals surface area contributed by atoms with E-state index in [0.717, 1.165) is 6.42 Å². The van der Waals surface area contributed by atoms with Crippen molar-refractivity contribution in [3.05, 3.63) is 0 Å². The summed E-state index contributed by atoms with van der Waals surface area (Å²) in [6, 6.07) is 0. The second kappa shape index (κ2) is 3.37. The van der Waals surface area contributed by atoms with E-state index in [1.54, 1.807) is 0 Å². The molecule has 0 aromatic heterocycles. The normalized spacial score (nSPS) is 29.8. The predicted octanol–water partition coefficient (Wildman–Crippen LogP) is 0.872. The highest BCUT2D eigenvalue weighted by Gasteiger charge is 2.30. The first-order valence-electron chi connectivity index (χ1n) is 3.58. The van der Waals surface area contributed by atoms with Gasteiger partial charge in [0.1, 0.15) is 6.10 Å². The van der Waals surface area contributed by atoms with Crippen molar-refractivity contribution in [2.45, 2.75) is 25.4 Å². The molecule has 4 heteroatoms. The molecule has 4 nitrogen and oxygen atoms in total. The molecule has 1 aliphatic carbocycles. The van der Waals surface area contributed by atoms with Crippen molar-refractivity contribution >= 4 is 12.7 Å². The molecule has 1 N–H and O–H groups in total. The van der Waals surface area contributed by atoms with E-state index in [2.05, 4.69) is 11.9 Å². The molecule has 1 aliphatic rings. The molecule has 0 aliphatic heterocycles. The van der Waals surface area contributed by atoms with Crippen LogP contribution in [0.25, 0.3) is 0 Å². The Labute approximate surface area is 64.8 Å². The van der Waals surface area contributed by atoms with Gasteiger partial charge in [0.05, 0.1) is 5.92 Å². The molecule has 62 valence electrons. The van der Waals surface area contributed by atoms with Crippen LogP contribution >= 0.6 is 0 Å². The Balaban J connectivity index is 2.34. The molecule has 0 bridgehead atoms. The minimum Gasteiger partial charge on any atom is -0.481 e. The molecule has 11 heavy (non-hydrogen) atoms. The van der Waals surface area contributed by atoms with Gasteiger partial charge in [0.2, 0.25) is 0 Å². The zero-order chi connectivity index (χ0) is 8.27. The average molecular weight is 157 g/mol. The first-order chi connectivity index (χ1) is 5.24. The van der Waals surface area contributed by atoms with Gasteiger partial charge in [-0.15, -0.1) is 5.16 Å². The van der Waals surface area contributed by atoms with E-state index in [0.29, 0.717) is 12.8 Å². The molecule has 0 aromatic carbocycles. The number of carbonyl (C=O) groups is 1. The molecular formula is C7H11NO3. The van der Waals surface area contributed by atoms with E-state index in [4.69, 9.17) is 9.94 Å². The molecule has 0 aromatic rings. The third kappa shape index (κ3) is 1.93. The summed E-state index contributed by atoms with van der Waals surface area (Å²) >= 11 is 0. The molecule has 0 radical (unpaired) electrons. The van der Waals surface area contributed by atoms with Crippen LogP contribution in [0.2, 0.25) is 0 Å². The highest BCUT2D eigenvalue weighted by molar-refractivity contribution is 5.70. The number of carboxylic acids is 1. The molecular weight excluding hydrogens is 146 g/mol. The zero-order valence-electron chi connectivity index (χ0n) is 6.19. The highest BCUT2D eigenvalue weighted by Crippen LogP contribution is 2.27. The molecule has 0 spiro atoms. The van der Waals surface area contributed by atoms with Crippen molar-refractivity contribution in [3.8, 4) is 0 Å². The Morgan fingerprint density at radius 2 is 2.36 bits per heavy atom. The van der Waals surface area contributed by atoms with Gasteiger partial charge in [0, 0.05) is 13.1 Å². The lowest BCUT2D eigenvalue weighted by Crippen LogP contribution is -2.11. The van der Waals surface area contributed by atoms with E-state index in [1.807, 2.05) is 0 Å². The van der Waals surface area contributed by atoms with Gasteiger partial charge in [-0.25, -0.2) is 0 Å². The van der Waals surface area contributed by atoms with Gasteiger partial charge in [-0.3, -0.25) is 4.79 Å². The number of rotatable bonds is 3. The van der Waals surface area contributed by atoms with Gasteiger partial charge in [0.15, 0.2) is 0 Å². The van der Waals surface area contributed by atoms with Crippen LogP contribution in [0.3, 0.4) is 0 Å². The van der Waals surface area contributed by atoms with Gasteiger partial charge < -0.3 is 9.94 Å². The summed E-state index contributed by atoms with van der Waals surface area (Å²) in [5, 5.41) is 11.9. The van der Waals surface area contributed by atoms with Crippen LogP contribution in [0.15, 0.2) is 5.16 Å². The summed E-state index contributed by atoms with van der Waals surface area (Å²) < 4.78 is 0. The Kier molecular flexibility index (Phi) is 2.46. The zero-order valence-corrected chi connectivity index (χ0v) is 6.19. The Hall–Kier alpha value is -1.06. The third-order valence-corrected chi connectivity index (χ3v) is 1.96. The molecule has 0 saturated heterocycles.